The largest absolute Gasteiger partial charge is 0.0836 e. The highest BCUT2D eigenvalue weighted by molar-refractivity contribution is 5.04. The summed E-state index contributed by atoms with van der Waals surface area (Å²) in [5.74, 6) is 1.23. The smallest absolute Gasteiger partial charge is 0.00891 e. The Morgan fingerprint density at radius 2 is 2.00 bits per heavy atom. The molecule has 0 aliphatic carbocycles. The summed E-state index contributed by atoms with van der Waals surface area (Å²) in [6.07, 6.45) is 3.40. The van der Waals surface area contributed by atoms with Crippen molar-refractivity contribution in [2.24, 2.45) is 0 Å². The maximum absolute atomic E-state index is 5.03. The van der Waals surface area contributed by atoms with Crippen LogP contribution in [-0.4, -0.2) is 0 Å². The first kappa shape index (κ1) is 5.74. The third kappa shape index (κ3) is 3.74. The lowest BCUT2D eigenvalue weighted by atomic mass is 10.2. The Morgan fingerprint density at radius 1 is 1.50 bits per heavy atom. The Bertz CT molecular complexity index is 42.0. The van der Waals surface area contributed by atoms with E-state index in [1.165, 1.54) is 12.0 Å². The second-order valence-corrected chi connectivity index (χ2v) is 1.44. The van der Waals surface area contributed by atoms with Crippen molar-refractivity contribution < 1.29 is 0 Å². The highest BCUT2D eigenvalue weighted by atomic mass is 13.8. The number of allylic oxidation sites excluding steroid dienone is 2. The molecule has 0 aliphatic heterocycles. The van der Waals surface area contributed by atoms with Crippen molar-refractivity contribution in [3.8, 4) is 0 Å². The zero-order valence-corrected chi connectivity index (χ0v) is 4.23. The van der Waals surface area contributed by atoms with Crippen molar-refractivity contribution in [3.05, 3.63) is 25.0 Å². The molecule has 0 aromatic heterocycles. The SMILES string of the molecule is [CH]C=C[C](C)C. The maximum atomic E-state index is 5.03. The van der Waals surface area contributed by atoms with Crippen LogP contribution in [-0.2, 0) is 0 Å². The minimum atomic E-state index is 1.23. The molecule has 33 valence electrons. The standard InChI is InChI=1S/C6H9/c1-4-5-6(2)3/h1,4-5H,2-3H3. The lowest BCUT2D eigenvalue weighted by Gasteiger charge is -1.85. The minimum Gasteiger partial charge on any atom is -0.0836 e. The predicted octanol–water partition coefficient (Wildman–Crippen LogP) is 1.87. The highest BCUT2D eigenvalue weighted by Gasteiger charge is 1.77. The summed E-state index contributed by atoms with van der Waals surface area (Å²) in [5, 5.41) is 0. The van der Waals surface area contributed by atoms with Gasteiger partial charge >= 0.3 is 0 Å². The van der Waals surface area contributed by atoms with Crippen molar-refractivity contribution in [1.82, 2.24) is 0 Å². The lowest BCUT2D eigenvalue weighted by molar-refractivity contribution is 1.21. The Kier molecular flexibility index (Phi) is 2.82. The summed E-state index contributed by atoms with van der Waals surface area (Å²) < 4.78 is 0. The van der Waals surface area contributed by atoms with Crippen LogP contribution in [0.4, 0.5) is 0 Å². The summed E-state index contributed by atoms with van der Waals surface area (Å²) in [4.78, 5) is 0. The zero-order chi connectivity index (χ0) is 4.99. The number of rotatable bonds is 1. The van der Waals surface area contributed by atoms with Crippen molar-refractivity contribution >= 4 is 0 Å². The van der Waals surface area contributed by atoms with Crippen LogP contribution < -0.4 is 0 Å². The number of hydrogen-bond donors (Lipinski definition) is 0. The van der Waals surface area contributed by atoms with E-state index >= 15 is 0 Å². The first-order valence-electron chi connectivity index (χ1n) is 1.96. The summed E-state index contributed by atoms with van der Waals surface area (Å²) >= 11 is 0. The Balaban J connectivity index is 3.03. The molecule has 0 saturated heterocycles. The molecule has 0 nitrogen and oxygen atoms in total. The summed E-state index contributed by atoms with van der Waals surface area (Å²) in [6, 6.07) is 0. The first-order chi connectivity index (χ1) is 2.77. The van der Waals surface area contributed by atoms with Crippen LogP contribution in [0.15, 0.2) is 12.2 Å². The van der Waals surface area contributed by atoms with E-state index in [9.17, 15) is 0 Å². The van der Waals surface area contributed by atoms with Crippen molar-refractivity contribution in [2.75, 3.05) is 0 Å². The van der Waals surface area contributed by atoms with Crippen LogP contribution in [0.1, 0.15) is 13.8 Å². The molecule has 0 heteroatoms. The van der Waals surface area contributed by atoms with Crippen molar-refractivity contribution in [3.63, 3.8) is 0 Å². The first-order valence-corrected chi connectivity index (χ1v) is 1.96. The van der Waals surface area contributed by atoms with E-state index < -0.39 is 0 Å². The molecule has 0 atom stereocenters. The van der Waals surface area contributed by atoms with E-state index in [4.69, 9.17) is 6.92 Å². The average molecular weight is 81.1 g/mol. The fraction of sp³-hybridized carbons (Fsp3) is 0.333. The fourth-order valence-corrected chi connectivity index (χ4v) is 0.192. The van der Waals surface area contributed by atoms with Gasteiger partial charge in [-0.15, -0.1) is 0 Å². The van der Waals surface area contributed by atoms with Crippen LogP contribution in [0, 0.1) is 12.8 Å². The molecular weight excluding hydrogens is 72.1 g/mol. The average Bonchev–Trinajstić information content (AvgIpc) is 1.35. The van der Waals surface area contributed by atoms with Gasteiger partial charge in [-0.3, -0.25) is 0 Å². The van der Waals surface area contributed by atoms with Gasteiger partial charge in [0, 0.05) is 0 Å². The van der Waals surface area contributed by atoms with E-state index in [0.29, 0.717) is 0 Å². The van der Waals surface area contributed by atoms with Crippen LogP contribution in [0.5, 0.6) is 0 Å². The highest BCUT2D eigenvalue weighted by Crippen LogP contribution is 1.93. The van der Waals surface area contributed by atoms with Gasteiger partial charge in [-0.1, -0.05) is 26.0 Å². The molecule has 0 rings (SSSR count). The molecule has 0 saturated carbocycles. The Hall–Kier alpha value is -0.260. The van der Waals surface area contributed by atoms with E-state index in [2.05, 4.69) is 0 Å². The van der Waals surface area contributed by atoms with Crippen LogP contribution in [0.3, 0.4) is 0 Å². The van der Waals surface area contributed by atoms with Gasteiger partial charge < -0.3 is 0 Å². The molecular formula is C6H9. The topological polar surface area (TPSA) is 0 Å². The fourth-order valence-electron chi connectivity index (χ4n) is 0.192. The van der Waals surface area contributed by atoms with E-state index in [-0.39, 0.29) is 0 Å². The van der Waals surface area contributed by atoms with Gasteiger partial charge in [0.05, 0.1) is 0 Å². The van der Waals surface area contributed by atoms with Crippen LogP contribution >= 0.6 is 0 Å². The lowest BCUT2D eigenvalue weighted by Crippen LogP contribution is -1.69. The normalized spacial score (nSPS) is 11.3. The molecule has 6 heavy (non-hydrogen) atoms. The summed E-state index contributed by atoms with van der Waals surface area (Å²) in [5.41, 5.74) is 0. The molecule has 0 heterocycles. The molecule has 3 radical (unpaired) electrons. The van der Waals surface area contributed by atoms with Crippen LogP contribution in [0.25, 0.3) is 0 Å². The van der Waals surface area contributed by atoms with Gasteiger partial charge in [0.25, 0.3) is 0 Å². The van der Waals surface area contributed by atoms with Crippen LogP contribution in [0.2, 0.25) is 0 Å². The van der Waals surface area contributed by atoms with E-state index in [1.807, 2.05) is 19.9 Å². The third-order valence-electron chi connectivity index (χ3n) is 0.430. The van der Waals surface area contributed by atoms with Gasteiger partial charge in [-0.2, -0.15) is 0 Å². The quantitative estimate of drug-likeness (QED) is 0.452. The van der Waals surface area contributed by atoms with Gasteiger partial charge in [0.2, 0.25) is 0 Å². The Morgan fingerprint density at radius 3 is 2.00 bits per heavy atom. The van der Waals surface area contributed by atoms with Crippen molar-refractivity contribution in [1.29, 1.82) is 0 Å². The molecule has 0 aromatic carbocycles. The predicted molar refractivity (Wildman–Crippen MR) is 28.0 cm³/mol. The third-order valence-corrected chi connectivity index (χ3v) is 0.430. The summed E-state index contributed by atoms with van der Waals surface area (Å²) in [6.45, 7) is 9.03. The van der Waals surface area contributed by atoms with Crippen molar-refractivity contribution in [2.45, 2.75) is 13.8 Å². The molecule has 0 N–H and O–H groups in total. The molecule has 0 fully saturated rings. The second kappa shape index (κ2) is 2.95. The Labute approximate surface area is 39.9 Å². The monoisotopic (exact) mass is 81.1 g/mol. The molecule has 0 aliphatic rings. The van der Waals surface area contributed by atoms with E-state index in [1.54, 1.807) is 0 Å². The molecule has 0 unspecified atom stereocenters. The molecule has 0 bridgehead atoms. The minimum absolute atomic E-state index is 1.23. The van der Waals surface area contributed by atoms with E-state index in [0.717, 1.165) is 0 Å². The molecule has 0 aromatic rings. The number of hydrogen-bond acceptors (Lipinski definition) is 0. The van der Waals surface area contributed by atoms with Gasteiger partial charge in [0.15, 0.2) is 0 Å². The molecule has 0 spiro atoms. The zero-order valence-electron chi connectivity index (χ0n) is 4.23. The van der Waals surface area contributed by atoms with Gasteiger partial charge in [-0.25, -0.2) is 0 Å². The molecule has 0 amide bonds. The maximum Gasteiger partial charge on any atom is -0.00891 e. The van der Waals surface area contributed by atoms with Gasteiger partial charge in [0.1, 0.15) is 0 Å². The summed E-state index contributed by atoms with van der Waals surface area (Å²) in [7, 11) is 0. The second-order valence-electron chi connectivity index (χ2n) is 1.44. The van der Waals surface area contributed by atoms with Gasteiger partial charge in [-0.05, 0) is 12.8 Å².